The zero-order chi connectivity index (χ0) is 14.1. The maximum atomic E-state index is 12.7. The Hall–Kier alpha value is -1.69. The number of nitrogens with zero attached hydrogens (tertiary/aromatic N) is 3. The van der Waals surface area contributed by atoms with Crippen molar-refractivity contribution in [2.45, 2.75) is 13.0 Å². The zero-order valence-electron chi connectivity index (χ0n) is 11.6. The van der Waals surface area contributed by atoms with E-state index < -0.39 is 0 Å². The second-order valence-electron chi connectivity index (χ2n) is 4.93. The van der Waals surface area contributed by atoms with Crippen LogP contribution in [0, 0.1) is 6.92 Å². The minimum atomic E-state index is 0.0467. The Labute approximate surface area is 121 Å². The van der Waals surface area contributed by atoms with E-state index in [1.54, 1.807) is 17.0 Å². The number of amides is 1. The van der Waals surface area contributed by atoms with Crippen LogP contribution in [0.15, 0.2) is 29.1 Å². The number of carbonyl (C=O) groups excluding carboxylic acids is 1. The first-order valence-corrected chi connectivity index (χ1v) is 7.73. The molecule has 1 aliphatic rings. The predicted octanol–water partition coefficient (Wildman–Crippen LogP) is 2.25. The quantitative estimate of drug-likeness (QED) is 0.851. The van der Waals surface area contributed by atoms with E-state index in [-0.39, 0.29) is 11.9 Å². The topological polar surface area (TPSA) is 51.3 Å². The molecule has 20 heavy (non-hydrogen) atoms. The van der Waals surface area contributed by atoms with E-state index in [4.69, 9.17) is 4.42 Å². The summed E-state index contributed by atoms with van der Waals surface area (Å²) in [5.41, 5.74) is 1.75. The van der Waals surface area contributed by atoms with Crippen LogP contribution in [0.1, 0.15) is 27.7 Å². The highest BCUT2D eigenvalue weighted by atomic mass is 32.2. The third-order valence-corrected chi connectivity index (χ3v) is 4.61. The summed E-state index contributed by atoms with van der Waals surface area (Å²) in [5, 5.41) is 4.22. The van der Waals surface area contributed by atoms with Crippen LogP contribution in [0.2, 0.25) is 0 Å². The summed E-state index contributed by atoms with van der Waals surface area (Å²) in [7, 11) is 1.89. The van der Waals surface area contributed by atoms with Crippen LogP contribution in [0.3, 0.4) is 0 Å². The molecule has 0 radical (unpaired) electrons. The Bertz CT molecular complexity index is 619. The molecule has 0 spiro atoms. The fourth-order valence-electron chi connectivity index (χ4n) is 2.50. The Kier molecular flexibility index (Phi) is 3.56. The van der Waals surface area contributed by atoms with E-state index in [9.17, 15) is 4.79 Å². The van der Waals surface area contributed by atoms with Gasteiger partial charge in [-0.05, 0) is 13.0 Å². The number of thioether (sulfide) groups is 1. The first-order chi connectivity index (χ1) is 9.66. The second-order valence-corrected chi connectivity index (χ2v) is 6.08. The van der Waals surface area contributed by atoms with Gasteiger partial charge < -0.3 is 9.32 Å². The van der Waals surface area contributed by atoms with Gasteiger partial charge >= 0.3 is 0 Å². The highest BCUT2D eigenvalue weighted by Gasteiger charge is 2.31. The van der Waals surface area contributed by atoms with Crippen molar-refractivity contribution in [1.82, 2.24) is 14.7 Å². The average molecular weight is 291 g/mol. The highest BCUT2D eigenvalue weighted by molar-refractivity contribution is 7.99. The molecule has 0 unspecified atom stereocenters. The van der Waals surface area contributed by atoms with Gasteiger partial charge in [0.25, 0.3) is 5.91 Å². The smallest absolute Gasteiger partial charge is 0.257 e. The van der Waals surface area contributed by atoms with Gasteiger partial charge in [0, 0.05) is 36.9 Å². The molecule has 0 bridgehead atoms. The summed E-state index contributed by atoms with van der Waals surface area (Å²) in [6.07, 6.45) is 5.40. The first-order valence-electron chi connectivity index (χ1n) is 6.58. The molecule has 3 rings (SSSR count). The number of aryl methyl sites for hydroxylation is 2. The van der Waals surface area contributed by atoms with E-state index in [0.717, 1.165) is 23.6 Å². The summed E-state index contributed by atoms with van der Waals surface area (Å²) in [6, 6.07) is 1.84. The molecule has 1 atom stereocenters. The Balaban J connectivity index is 1.89. The average Bonchev–Trinajstić information content (AvgIpc) is 3.07. The van der Waals surface area contributed by atoms with E-state index in [2.05, 4.69) is 5.10 Å². The summed E-state index contributed by atoms with van der Waals surface area (Å²) >= 11 is 1.88. The zero-order valence-corrected chi connectivity index (χ0v) is 12.4. The maximum Gasteiger partial charge on any atom is 0.257 e. The van der Waals surface area contributed by atoms with Crippen LogP contribution in [-0.4, -0.2) is 38.6 Å². The maximum absolute atomic E-state index is 12.7. The third kappa shape index (κ3) is 2.35. The normalized spacial score (nSPS) is 19.3. The molecule has 2 aromatic heterocycles. The van der Waals surface area contributed by atoms with Crippen molar-refractivity contribution in [3.63, 3.8) is 0 Å². The Morgan fingerprint density at radius 2 is 2.40 bits per heavy atom. The molecule has 1 saturated heterocycles. The molecule has 1 amide bonds. The fourth-order valence-corrected chi connectivity index (χ4v) is 3.58. The highest BCUT2D eigenvalue weighted by Crippen LogP contribution is 2.31. The van der Waals surface area contributed by atoms with Gasteiger partial charge in [-0.15, -0.1) is 0 Å². The lowest BCUT2D eigenvalue weighted by atomic mass is 10.1. The first kappa shape index (κ1) is 13.3. The van der Waals surface area contributed by atoms with Gasteiger partial charge in [0.05, 0.1) is 24.1 Å². The van der Waals surface area contributed by atoms with E-state index in [0.29, 0.717) is 11.3 Å². The summed E-state index contributed by atoms with van der Waals surface area (Å²) in [5.74, 6) is 2.61. The number of hydrogen-bond acceptors (Lipinski definition) is 4. The number of rotatable bonds is 2. The molecular weight excluding hydrogens is 274 g/mol. The van der Waals surface area contributed by atoms with Gasteiger partial charge in [0.1, 0.15) is 5.76 Å². The Morgan fingerprint density at radius 1 is 1.55 bits per heavy atom. The van der Waals surface area contributed by atoms with Crippen LogP contribution in [0.5, 0.6) is 0 Å². The molecule has 1 aliphatic heterocycles. The molecule has 3 heterocycles. The van der Waals surface area contributed by atoms with Gasteiger partial charge in [-0.3, -0.25) is 9.48 Å². The van der Waals surface area contributed by atoms with Gasteiger partial charge in [-0.1, -0.05) is 0 Å². The molecule has 0 aliphatic carbocycles. The second kappa shape index (κ2) is 5.36. The molecular formula is C14H17N3O2S. The van der Waals surface area contributed by atoms with Gasteiger partial charge in [-0.2, -0.15) is 16.9 Å². The third-order valence-electron chi connectivity index (χ3n) is 3.59. The van der Waals surface area contributed by atoms with Gasteiger partial charge in [-0.25, -0.2) is 0 Å². The number of carbonyl (C=O) groups is 1. The van der Waals surface area contributed by atoms with Crippen LogP contribution < -0.4 is 0 Å². The van der Waals surface area contributed by atoms with Crippen LogP contribution in [-0.2, 0) is 7.05 Å². The Morgan fingerprint density at radius 3 is 3.05 bits per heavy atom. The minimum Gasteiger partial charge on any atom is -0.469 e. The van der Waals surface area contributed by atoms with Gasteiger partial charge in [0.15, 0.2) is 0 Å². The lowest BCUT2D eigenvalue weighted by Crippen LogP contribution is -2.40. The standard InChI is InChI=1S/C14H17N3O2S/c1-10-12(3-5-19-10)14(18)17-4-6-20-9-13(17)11-7-15-16(2)8-11/h3,5,7-8,13H,4,6,9H2,1-2H3/t13-/m1/s1. The minimum absolute atomic E-state index is 0.0467. The lowest BCUT2D eigenvalue weighted by Gasteiger charge is -2.34. The van der Waals surface area contributed by atoms with Gasteiger partial charge in [0.2, 0.25) is 0 Å². The van der Waals surface area contributed by atoms with Crippen molar-refractivity contribution in [3.05, 3.63) is 41.6 Å². The molecule has 0 saturated carbocycles. The fraction of sp³-hybridized carbons (Fsp3) is 0.429. The van der Waals surface area contributed by atoms with Crippen molar-refractivity contribution in [1.29, 1.82) is 0 Å². The lowest BCUT2D eigenvalue weighted by molar-refractivity contribution is 0.0699. The molecule has 2 aromatic rings. The van der Waals surface area contributed by atoms with E-state index in [1.807, 2.05) is 43.0 Å². The predicted molar refractivity (Wildman–Crippen MR) is 77.8 cm³/mol. The summed E-state index contributed by atoms with van der Waals surface area (Å²) in [6.45, 7) is 2.58. The monoisotopic (exact) mass is 291 g/mol. The van der Waals surface area contributed by atoms with Crippen molar-refractivity contribution < 1.29 is 9.21 Å². The summed E-state index contributed by atoms with van der Waals surface area (Å²) in [4.78, 5) is 14.6. The number of hydrogen-bond donors (Lipinski definition) is 0. The number of aromatic nitrogens is 2. The largest absolute Gasteiger partial charge is 0.469 e. The molecule has 6 heteroatoms. The molecule has 0 N–H and O–H groups in total. The van der Waals surface area contributed by atoms with Crippen LogP contribution in [0.25, 0.3) is 0 Å². The van der Waals surface area contributed by atoms with Crippen molar-refractivity contribution in [2.24, 2.45) is 7.05 Å². The molecule has 0 aromatic carbocycles. The van der Waals surface area contributed by atoms with Crippen molar-refractivity contribution >= 4 is 17.7 Å². The van der Waals surface area contributed by atoms with Crippen LogP contribution in [0.4, 0.5) is 0 Å². The SMILES string of the molecule is Cc1occc1C(=O)N1CCSC[C@@H]1c1cnn(C)c1. The van der Waals surface area contributed by atoms with Crippen molar-refractivity contribution in [2.75, 3.05) is 18.1 Å². The van der Waals surface area contributed by atoms with E-state index >= 15 is 0 Å². The molecule has 106 valence electrons. The molecule has 5 nitrogen and oxygen atoms in total. The van der Waals surface area contributed by atoms with Crippen LogP contribution >= 0.6 is 11.8 Å². The molecule has 1 fully saturated rings. The number of furan rings is 1. The van der Waals surface area contributed by atoms with Crippen molar-refractivity contribution in [3.8, 4) is 0 Å². The van der Waals surface area contributed by atoms with E-state index in [1.165, 1.54) is 0 Å². The summed E-state index contributed by atoms with van der Waals surface area (Å²) < 4.78 is 7.03.